The van der Waals surface area contributed by atoms with Gasteiger partial charge in [0.05, 0.1) is 5.92 Å². The van der Waals surface area contributed by atoms with Gasteiger partial charge in [-0.05, 0) is 101 Å². The Morgan fingerprint density at radius 2 is 1.39 bits per heavy atom. The maximum Gasteiger partial charge on any atom is 0.314 e. The van der Waals surface area contributed by atoms with E-state index in [2.05, 4.69) is 19.1 Å². The fourth-order valence-corrected chi connectivity index (χ4v) is 6.45. The molecule has 4 rings (SSSR count). The molecule has 31 heavy (non-hydrogen) atoms. The molecule has 2 nitrogen and oxygen atoms in total. The zero-order valence-corrected chi connectivity index (χ0v) is 18.3. The van der Waals surface area contributed by atoms with E-state index in [1.165, 1.54) is 38.5 Å². The second kappa shape index (κ2) is 9.79. The number of ether oxygens (including phenoxy) is 1. The van der Waals surface area contributed by atoms with E-state index in [-0.39, 0.29) is 11.7 Å². The zero-order valence-electron chi connectivity index (χ0n) is 18.3. The van der Waals surface area contributed by atoms with Crippen molar-refractivity contribution in [3.8, 4) is 5.75 Å². The predicted octanol–water partition coefficient (Wildman–Crippen LogP) is 7.22. The Morgan fingerprint density at radius 3 is 2.03 bits per heavy atom. The average molecular weight is 435 g/mol. The molecule has 0 radical (unpaired) electrons. The summed E-state index contributed by atoms with van der Waals surface area (Å²) in [5.41, 5.74) is 0. The lowest BCUT2D eigenvalue weighted by Crippen LogP contribution is -2.35. The van der Waals surface area contributed by atoms with Crippen molar-refractivity contribution in [2.24, 2.45) is 35.5 Å². The number of rotatable bonds is 4. The monoisotopic (exact) mass is 434 g/mol. The van der Waals surface area contributed by atoms with E-state index >= 15 is 0 Å². The first-order chi connectivity index (χ1) is 14.9. The van der Waals surface area contributed by atoms with E-state index in [9.17, 15) is 18.0 Å². The van der Waals surface area contributed by atoms with Crippen LogP contribution in [0.15, 0.2) is 24.3 Å². The molecule has 4 unspecified atom stereocenters. The first-order valence-electron chi connectivity index (χ1n) is 11.9. The van der Waals surface area contributed by atoms with Crippen LogP contribution in [0.25, 0.3) is 0 Å². The van der Waals surface area contributed by atoms with Crippen LogP contribution in [0, 0.1) is 53.0 Å². The number of fused-ring (bicyclic) bond motifs is 1. The summed E-state index contributed by atoms with van der Waals surface area (Å²) >= 11 is 0. The van der Waals surface area contributed by atoms with Crippen LogP contribution in [-0.4, -0.2) is 5.97 Å². The Labute approximate surface area is 183 Å². The lowest BCUT2D eigenvalue weighted by atomic mass is 9.61. The minimum atomic E-state index is -1.55. The molecule has 0 aromatic heterocycles. The van der Waals surface area contributed by atoms with Crippen molar-refractivity contribution < 1.29 is 22.7 Å². The van der Waals surface area contributed by atoms with Crippen LogP contribution >= 0.6 is 0 Å². The van der Waals surface area contributed by atoms with Crippen molar-refractivity contribution in [3.05, 3.63) is 41.7 Å². The van der Waals surface area contributed by atoms with Crippen molar-refractivity contribution in [3.63, 3.8) is 0 Å². The normalized spacial score (nSPS) is 33.8. The summed E-state index contributed by atoms with van der Waals surface area (Å²) in [6, 6.07) is 1.46. The number of esters is 1. The topological polar surface area (TPSA) is 26.3 Å². The van der Waals surface area contributed by atoms with Crippen LogP contribution in [0.4, 0.5) is 13.2 Å². The molecule has 3 fully saturated rings. The maximum absolute atomic E-state index is 13.4. The van der Waals surface area contributed by atoms with E-state index in [0.717, 1.165) is 61.5 Å². The molecule has 4 atom stereocenters. The van der Waals surface area contributed by atoms with Crippen molar-refractivity contribution >= 4 is 5.97 Å². The minimum Gasteiger partial charge on any atom is -0.426 e. The molecule has 0 heterocycles. The van der Waals surface area contributed by atoms with Gasteiger partial charge in [-0.3, -0.25) is 4.79 Å². The number of carbonyl (C=O) groups excluding carboxylic acids is 1. The van der Waals surface area contributed by atoms with E-state index in [1.807, 2.05) is 0 Å². The minimum absolute atomic E-state index is 0.250. The number of halogens is 3. The molecule has 0 bridgehead atoms. The van der Waals surface area contributed by atoms with E-state index in [0.29, 0.717) is 5.92 Å². The van der Waals surface area contributed by atoms with Gasteiger partial charge < -0.3 is 4.74 Å². The standard InChI is InChI=1S/C26H33F3O2/c1-2-3-16-4-5-21-13-20(11-10-19(21)12-16)17-6-8-18(9-7-17)26(30)31-22-14-23(27)25(29)24(28)15-22/h2-3,14-21H,4-13H2,1H3/b3-2+. The molecule has 1 aromatic rings. The van der Waals surface area contributed by atoms with Crippen molar-refractivity contribution in [2.75, 3.05) is 0 Å². The Kier molecular flexibility index (Phi) is 7.08. The predicted molar refractivity (Wildman–Crippen MR) is 114 cm³/mol. The number of allylic oxidation sites excluding steroid dienone is 2. The highest BCUT2D eigenvalue weighted by molar-refractivity contribution is 5.75. The molecule has 3 aliphatic rings. The molecule has 0 aliphatic heterocycles. The van der Waals surface area contributed by atoms with Crippen molar-refractivity contribution in [1.29, 1.82) is 0 Å². The van der Waals surface area contributed by atoms with Gasteiger partial charge in [0.25, 0.3) is 0 Å². The van der Waals surface area contributed by atoms with E-state index in [1.54, 1.807) is 0 Å². The van der Waals surface area contributed by atoms with Crippen molar-refractivity contribution in [1.82, 2.24) is 0 Å². The molecule has 0 amide bonds. The summed E-state index contributed by atoms with van der Waals surface area (Å²) in [5.74, 6) is -1.28. The zero-order chi connectivity index (χ0) is 22.0. The van der Waals surface area contributed by atoms with Crippen LogP contribution in [0.5, 0.6) is 5.75 Å². The summed E-state index contributed by atoms with van der Waals surface area (Å²) in [6.45, 7) is 2.12. The fourth-order valence-electron chi connectivity index (χ4n) is 6.45. The molecular weight excluding hydrogens is 401 g/mol. The summed E-state index contributed by atoms with van der Waals surface area (Å²) in [6.07, 6.45) is 16.1. The molecular formula is C26H33F3O2. The lowest BCUT2D eigenvalue weighted by Gasteiger charge is -2.45. The molecule has 0 spiro atoms. The first-order valence-corrected chi connectivity index (χ1v) is 11.9. The summed E-state index contributed by atoms with van der Waals surface area (Å²) < 4.78 is 45.0. The molecule has 3 saturated carbocycles. The van der Waals surface area contributed by atoms with Gasteiger partial charge in [0.1, 0.15) is 5.75 Å². The highest BCUT2D eigenvalue weighted by atomic mass is 19.2. The van der Waals surface area contributed by atoms with E-state index in [4.69, 9.17) is 4.74 Å². The molecule has 0 N–H and O–H groups in total. The SMILES string of the molecule is C/C=C/C1CCC2CC(C3CCC(C(=O)Oc4cc(F)c(F)c(F)c4)CC3)CCC2C1. The smallest absolute Gasteiger partial charge is 0.314 e. The van der Waals surface area contributed by atoms with Gasteiger partial charge in [-0.1, -0.05) is 12.2 Å². The Balaban J connectivity index is 1.26. The third-order valence-corrected chi connectivity index (χ3v) is 8.11. The maximum atomic E-state index is 13.4. The van der Waals surface area contributed by atoms with Crippen LogP contribution < -0.4 is 4.74 Å². The van der Waals surface area contributed by atoms with Gasteiger partial charge in [-0.25, -0.2) is 13.2 Å². The summed E-state index contributed by atoms with van der Waals surface area (Å²) in [4.78, 5) is 12.5. The quantitative estimate of drug-likeness (QED) is 0.216. The largest absolute Gasteiger partial charge is 0.426 e. The molecule has 3 aliphatic carbocycles. The molecule has 0 saturated heterocycles. The number of hydrogen-bond acceptors (Lipinski definition) is 2. The van der Waals surface area contributed by atoms with Gasteiger partial charge in [-0.2, -0.15) is 0 Å². The van der Waals surface area contributed by atoms with Gasteiger partial charge >= 0.3 is 5.97 Å². The van der Waals surface area contributed by atoms with Gasteiger partial charge in [0.2, 0.25) is 0 Å². The average Bonchev–Trinajstić information content (AvgIpc) is 2.77. The van der Waals surface area contributed by atoms with Gasteiger partial charge in [0, 0.05) is 12.1 Å². The third kappa shape index (κ3) is 5.18. The fraction of sp³-hybridized carbons (Fsp3) is 0.654. The summed E-state index contributed by atoms with van der Waals surface area (Å²) in [5, 5.41) is 0. The molecule has 170 valence electrons. The van der Waals surface area contributed by atoms with Gasteiger partial charge in [0.15, 0.2) is 17.5 Å². The van der Waals surface area contributed by atoms with E-state index < -0.39 is 23.4 Å². The Bertz CT molecular complexity index is 790. The summed E-state index contributed by atoms with van der Waals surface area (Å²) in [7, 11) is 0. The van der Waals surface area contributed by atoms with Crippen LogP contribution in [-0.2, 0) is 4.79 Å². The second-order valence-electron chi connectivity index (χ2n) is 9.93. The van der Waals surface area contributed by atoms with Crippen LogP contribution in [0.3, 0.4) is 0 Å². The number of hydrogen-bond donors (Lipinski definition) is 0. The molecule has 1 aromatic carbocycles. The van der Waals surface area contributed by atoms with Crippen LogP contribution in [0.1, 0.15) is 71.1 Å². The third-order valence-electron chi connectivity index (χ3n) is 8.11. The number of benzene rings is 1. The van der Waals surface area contributed by atoms with Gasteiger partial charge in [-0.15, -0.1) is 0 Å². The molecule has 5 heteroatoms. The van der Waals surface area contributed by atoms with Crippen molar-refractivity contribution in [2.45, 2.75) is 71.1 Å². The first kappa shape index (κ1) is 22.4. The number of carbonyl (C=O) groups is 1. The lowest BCUT2D eigenvalue weighted by molar-refractivity contribution is -0.140. The highest BCUT2D eigenvalue weighted by Crippen LogP contribution is 2.49. The van der Waals surface area contributed by atoms with Crippen LogP contribution in [0.2, 0.25) is 0 Å². The highest BCUT2D eigenvalue weighted by Gasteiger charge is 2.39. The second-order valence-corrected chi connectivity index (χ2v) is 9.93. The Morgan fingerprint density at radius 1 is 0.839 bits per heavy atom. The Hall–Kier alpha value is -1.78.